The van der Waals surface area contributed by atoms with Crippen molar-refractivity contribution in [1.82, 2.24) is 0 Å². The van der Waals surface area contributed by atoms with Crippen LogP contribution >= 0.6 is 0 Å². The molecule has 6 heteroatoms. The van der Waals surface area contributed by atoms with Gasteiger partial charge in [-0.05, 0) is 19.8 Å². The SMILES string of the molecule is CCOc1cc(N2CCC(C=O)CC2)cc([N+](=O)[O-])c1. The van der Waals surface area contributed by atoms with Gasteiger partial charge >= 0.3 is 0 Å². The molecule has 1 saturated heterocycles. The molecular formula is C14H18N2O4. The van der Waals surface area contributed by atoms with Gasteiger partial charge in [0.2, 0.25) is 0 Å². The number of benzene rings is 1. The van der Waals surface area contributed by atoms with Crippen LogP contribution in [0.4, 0.5) is 11.4 Å². The normalized spacial score (nSPS) is 15.9. The highest BCUT2D eigenvalue weighted by Gasteiger charge is 2.21. The predicted octanol–water partition coefficient (Wildman–Crippen LogP) is 2.41. The van der Waals surface area contributed by atoms with E-state index in [4.69, 9.17) is 4.74 Å². The van der Waals surface area contributed by atoms with Crippen molar-refractivity contribution in [3.05, 3.63) is 28.3 Å². The van der Waals surface area contributed by atoms with Crippen LogP contribution in [0.1, 0.15) is 19.8 Å². The first-order chi connectivity index (χ1) is 9.63. The van der Waals surface area contributed by atoms with E-state index in [-0.39, 0.29) is 11.6 Å². The lowest BCUT2D eigenvalue weighted by molar-refractivity contribution is -0.384. The van der Waals surface area contributed by atoms with E-state index in [0.29, 0.717) is 12.4 Å². The summed E-state index contributed by atoms with van der Waals surface area (Å²) >= 11 is 0. The largest absolute Gasteiger partial charge is 0.494 e. The van der Waals surface area contributed by atoms with Crippen molar-refractivity contribution in [3.8, 4) is 5.75 Å². The van der Waals surface area contributed by atoms with Gasteiger partial charge in [-0.25, -0.2) is 0 Å². The molecule has 0 aromatic heterocycles. The van der Waals surface area contributed by atoms with Crippen LogP contribution in [-0.2, 0) is 4.79 Å². The fraction of sp³-hybridized carbons (Fsp3) is 0.500. The molecule has 0 aliphatic carbocycles. The Kier molecular flexibility index (Phi) is 4.55. The van der Waals surface area contributed by atoms with Crippen LogP contribution in [0.25, 0.3) is 0 Å². The lowest BCUT2D eigenvalue weighted by atomic mass is 9.98. The van der Waals surface area contributed by atoms with Crippen molar-refractivity contribution >= 4 is 17.7 Å². The average molecular weight is 278 g/mol. The molecule has 2 rings (SSSR count). The van der Waals surface area contributed by atoms with Gasteiger partial charge < -0.3 is 14.4 Å². The second kappa shape index (κ2) is 6.36. The highest BCUT2D eigenvalue weighted by atomic mass is 16.6. The molecule has 0 spiro atoms. The van der Waals surface area contributed by atoms with Gasteiger partial charge in [-0.15, -0.1) is 0 Å². The standard InChI is InChI=1S/C14H18N2O4/c1-2-20-14-8-12(7-13(9-14)16(18)19)15-5-3-11(10-17)4-6-15/h7-11H,2-6H2,1H3. The minimum Gasteiger partial charge on any atom is -0.494 e. The van der Waals surface area contributed by atoms with Crippen LogP contribution in [0.5, 0.6) is 5.75 Å². The maximum absolute atomic E-state index is 11.0. The molecule has 20 heavy (non-hydrogen) atoms. The Labute approximate surface area is 117 Å². The molecule has 1 fully saturated rings. The number of hydrogen-bond acceptors (Lipinski definition) is 5. The van der Waals surface area contributed by atoms with E-state index >= 15 is 0 Å². The van der Waals surface area contributed by atoms with Gasteiger partial charge in [-0.2, -0.15) is 0 Å². The number of anilines is 1. The Morgan fingerprint density at radius 2 is 2.10 bits per heavy atom. The number of piperidine rings is 1. The zero-order valence-corrected chi connectivity index (χ0v) is 11.4. The lowest BCUT2D eigenvalue weighted by Crippen LogP contribution is -2.34. The first-order valence-corrected chi connectivity index (χ1v) is 6.76. The number of nitrogens with zero attached hydrogens (tertiary/aromatic N) is 2. The first-order valence-electron chi connectivity index (χ1n) is 6.76. The highest BCUT2D eigenvalue weighted by molar-refractivity contribution is 5.59. The summed E-state index contributed by atoms with van der Waals surface area (Å²) in [6.07, 6.45) is 2.57. The maximum Gasteiger partial charge on any atom is 0.275 e. The molecule has 0 bridgehead atoms. The molecule has 0 unspecified atom stereocenters. The van der Waals surface area contributed by atoms with Crippen LogP contribution in [0.3, 0.4) is 0 Å². The number of carbonyl (C=O) groups is 1. The Morgan fingerprint density at radius 3 is 2.65 bits per heavy atom. The second-order valence-electron chi connectivity index (χ2n) is 4.84. The molecule has 6 nitrogen and oxygen atoms in total. The summed E-state index contributed by atoms with van der Waals surface area (Å²) in [5.74, 6) is 0.616. The number of nitro benzene ring substituents is 1. The van der Waals surface area contributed by atoms with Crippen molar-refractivity contribution in [3.63, 3.8) is 0 Å². The number of ether oxygens (including phenoxy) is 1. The lowest BCUT2D eigenvalue weighted by Gasteiger charge is -2.31. The van der Waals surface area contributed by atoms with Gasteiger partial charge in [0.25, 0.3) is 5.69 Å². The highest BCUT2D eigenvalue weighted by Crippen LogP contribution is 2.30. The van der Waals surface area contributed by atoms with Gasteiger partial charge in [0, 0.05) is 36.8 Å². The summed E-state index contributed by atoms with van der Waals surface area (Å²) < 4.78 is 5.38. The van der Waals surface area contributed by atoms with E-state index in [1.807, 2.05) is 13.0 Å². The topological polar surface area (TPSA) is 72.7 Å². The first kappa shape index (κ1) is 14.3. The van der Waals surface area contributed by atoms with Crippen molar-refractivity contribution in [2.45, 2.75) is 19.8 Å². The predicted molar refractivity (Wildman–Crippen MR) is 75.3 cm³/mol. The number of hydrogen-bond donors (Lipinski definition) is 0. The van der Waals surface area contributed by atoms with Crippen LogP contribution in [0.15, 0.2) is 18.2 Å². The Hall–Kier alpha value is -2.11. The van der Waals surface area contributed by atoms with Crippen LogP contribution in [0.2, 0.25) is 0 Å². The molecule has 0 amide bonds. The average Bonchev–Trinajstić information content (AvgIpc) is 2.47. The second-order valence-corrected chi connectivity index (χ2v) is 4.84. The molecular weight excluding hydrogens is 260 g/mol. The Morgan fingerprint density at radius 1 is 1.40 bits per heavy atom. The van der Waals surface area contributed by atoms with E-state index in [0.717, 1.165) is 37.9 Å². The minimum absolute atomic E-state index is 0.0310. The zero-order chi connectivity index (χ0) is 14.5. The number of nitro groups is 1. The monoisotopic (exact) mass is 278 g/mol. The quantitative estimate of drug-likeness (QED) is 0.470. The van der Waals surface area contributed by atoms with Gasteiger partial charge in [-0.3, -0.25) is 10.1 Å². The molecule has 1 aromatic rings. The van der Waals surface area contributed by atoms with Gasteiger partial charge in [0.15, 0.2) is 0 Å². The molecule has 1 aliphatic rings. The van der Waals surface area contributed by atoms with Gasteiger partial charge in [0.1, 0.15) is 12.0 Å². The van der Waals surface area contributed by atoms with Crippen molar-refractivity contribution < 1.29 is 14.5 Å². The van der Waals surface area contributed by atoms with E-state index in [2.05, 4.69) is 4.90 Å². The van der Waals surface area contributed by atoms with Crippen LogP contribution < -0.4 is 9.64 Å². The molecule has 108 valence electrons. The summed E-state index contributed by atoms with van der Waals surface area (Å²) in [4.78, 5) is 23.4. The third-order valence-electron chi connectivity index (χ3n) is 3.50. The summed E-state index contributed by atoms with van der Waals surface area (Å²) in [6.45, 7) is 3.77. The number of carbonyl (C=O) groups excluding carboxylic acids is 1. The number of aldehydes is 1. The van der Waals surface area contributed by atoms with Gasteiger partial charge in [-0.1, -0.05) is 0 Å². The van der Waals surface area contributed by atoms with Crippen molar-refractivity contribution in [2.75, 3.05) is 24.6 Å². The summed E-state index contributed by atoms with van der Waals surface area (Å²) in [6, 6.07) is 4.81. The molecule has 1 heterocycles. The third kappa shape index (κ3) is 3.26. The number of rotatable bonds is 5. The number of non-ortho nitro benzene ring substituents is 1. The van der Waals surface area contributed by atoms with E-state index < -0.39 is 4.92 Å². The fourth-order valence-corrected chi connectivity index (χ4v) is 2.40. The van der Waals surface area contributed by atoms with E-state index in [9.17, 15) is 14.9 Å². The molecule has 0 saturated carbocycles. The van der Waals surface area contributed by atoms with E-state index in [1.165, 1.54) is 6.07 Å². The molecule has 0 radical (unpaired) electrons. The Bertz CT molecular complexity index is 496. The van der Waals surface area contributed by atoms with Crippen molar-refractivity contribution in [1.29, 1.82) is 0 Å². The maximum atomic E-state index is 11.0. The van der Waals surface area contributed by atoms with E-state index in [1.54, 1.807) is 6.07 Å². The summed E-state index contributed by atoms with van der Waals surface area (Å²) in [5, 5.41) is 11.0. The minimum atomic E-state index is -0.413. The summed E-state index contributed by atoms with van der Waals surface area (Å²) in [5.41, 5.74) is 0.815. The van der Waals surface area contributed by atoms with Crippen LogP contribution in [0, 0.1) is 16.0 Å². The molecule has 0 atom stereocenters. The third-order valence-corrected chi connectivity index (χ3v) is 3.50. The molecule has 1 aromatic carbocycles. The van der Waals surface area contributed by atoms with Crippen LogP contribution in [-0.4, -0.2) is 30.9 Å². The van der Waals surface area contributed by atoms with Gasteiger partial charge in [0.05, 0.1) is 17.6 Å². The fourth-order valence-electron chi connectivity index (χ4n) is 2.40. The Balaban J connectivity index is 2.22. The molecule has 1 aliphatic heterocycles. The smallest absolute Gasteiger partial charge is 0.275 e. The summed E-state index contributed by atoms with van der Waals surface area (Å²) in [7, 11) is 0. The molecule has 0 N–H and O–H groups in total. The zero-order valence-electron chi connectivity index (χ0n) is 11.4. The van der Waals surface area contributed by atoms with Crippen molar-refractivity contribution in [2.24, 2.45) is 5.92 Å².